The summed E-state index contributed by atoms with van der Waals surface area (Å²) >= 11 is 0. The number of amides is 1. The molecule has 1 amide bonds. The molecule has 3 aliphatic rings. The largest absolute Gasteiger partial charge is 0.340 e. The normalized spacial score (nSPS) is 42.3. The topological polar surface area (TPSA) is 56.7 Å². The first-order chi connectivity index (χ1) is 7.26. The fourth-order valence-electron chi connectivity index (χ4n) is 3.18. The quantitative estimate of drug-likeness (QED) is 0.553. The van der Waals surface area contributed by atoms with Gasteiger partial charge in [0.05, 0.1) is 0 Å². The lowest BCUT2D eigenvalue weighted by molar-refractivity contribution is -0.124. The summed E-state index contributed by atoms with van der Waals surface area (Å²) in [6, 6.07) is 0.372. The van der Waals surface area contributed by atoms with Crippen LogP contribution in [0.25, 0.3) is 0 Å². The van der Waals surface area contributed by atoms with Crippen LogP contribution in [0.1, 0.15) is 19.3 Å². The molecular weight excluding hydrogens is 192 g/mol. The second kappa shape index (κ2) is 2.95. The Morgan fingerprint density at radius 1 is 1.53 bits per heavy atom. The summed E-state index contributed by atoms with van der Waals surface area (Å²) in [6.45, 7) is 2.17. The molecule has 3 rings (SSSR count). The Bertz CT molecular complexity index is 340. The van der Waals surface area contributed by atoms with Crippen LogP contribution in [0.15, 0.2) is 4.99 Å². The number of rotatable bonds is 0. The molecule has 3 heterocycles. The molecule has 2 atom stereocenters. The molecule has 1 spiro atoms. The molecule has 15 heavy (non-hydrogen) atoms. The Morgan fingerprint density at radius 2 is 2.40 bits per heavy atom. The zero-order chi connectivity index (χ0) is 10.5. The van der Waals surface area contributed by atoms with Crippen LogP contribution < -0.4 is 10.6 Å². The second-order valence-electron chi connectivity index (χ2n) is 4.57. The molecule has 3 fully saturated rings. The predicted molar refractivity (Wildman–Crippen MR) is 56.6 cm³/mol. The predicted octanol–water partition coefficient (Wildman–Crippen LogP) is -0.701. The van der Waals surface area contributed by atoms with Gasteiger partial charge in [-0.3, -0.25) is 20.0 Å². The van der Waals surface area contributed by atoms with Gasteiger partial charge in [-0.2, -0.15) is 0 Å². The van der Waals surface area contributed by atoms with Gasteiger partial charge in [0.1, 0.15) is 5.54 Å². The summed E-state index contributed by atoms with van der Waals surface area (Å²) in [4.78, 5) is 18.5. The van der Waals surface area contributed by atoms with Crippen molar-refractivity contribution in [2.75, 3.05) is 20.1 Å². The third-order valence-corrected chi connectivity index (χ3v) is 3.93. The lowest BCUT2D eigenvalue weighted by atomic mass is 9.89. The fourth-order valence-corrected chi connectivity index (χ4v) is 3.18. The molecule has 2 N–H and O–H groups in total. The third kappa shape index (κ3) is 1.07. The number of carbonyl (C=O) groups is 1. The van der Waals surface area contributed by atoms with Crippen molar-refractivity contribution < 1.29 is 4.79 Å². The minimum atomic E-state index is -0.384. The van der Waals surface area contributed by atoms with E-state index in [1.807, 2.05) is 0 Å². The standard InChI is InChI=1S/C10H16N4O/c1-11-9-12-8(15)10(13-9)4-6-14-5-2-3-7(10)14/h7H,2-6H2,1H3,(H2,11,12,13,15). The van der Waals surface area contributed by atoms with E-state index < -0.39 is 0 Å². The highest BCUT2D eigenvalue weighted by molar-refractivity contribution is 6.09. The SMILES string of the molecule is CN=C1NC(=O)C2(CCN3CCCC32)N1. The number of hydrogen-bond donors (Lipinski definition) is 2. The minimum Gasteiger partial charge on any atom is -0.340 e. The molecular formula is C10H16N4O. The van der Waals surface area contributed by atoms with Gasteiger partial charge in [0, 0.05) is 19.6 Å². The average Bonchev–Trinajstić information content (AvgIpc) is 2.86. The summed E-state index contributed by atoms with van der Waals surface area (Å²) in [5, 5.41) is 6.11. The molecule has 0 aromatic heterocycles. The molecule has 3 aliphatic heterocycles. The first-order valence-corrected chi connectivity index (χ1v) is 5.57. The number of hydrogen-bond acceptors (Lipinski definition) is 3. The molecule has 0 aliphatic carbocycles. The van der Waals surface area contributed by atoms with Gasteiger partial charge in [0.2, 0.25) is 0 Å². The maximum atomic E-state index is 12.0. The Hall–Kier alpha value is -1.10. The molecule has 0 radical (unpaired) electrons. The maximum absolute atomic E-state index is 12.0. The van der Waals surface area contributed by atoms with Crippen molar-refractivity contribution in [3.63, 3.8) is 0 Å². The molecule has 5 nitrogen and oxygen atoms in total. The van der Waals surface area contributed by atoms with Crippen molar-refractivity contribution in [1.29, 1.82) is 0 Å². The summed E-state index contributed by atoms with van der Waals surface area (Å²) in [6.07, 6.45) is 3.24. The van der Waals surface area contributed by atoms with E-state index in [4.69, 9.17) is 0 Å². The lowest BCUT2D eigenvalue weighted by Gasteiger charge is -2.28. The van der Waals surface area contributed by atoms with E-state index in [1.54, 1.807) is 7.05 Å². The van der Waals surface area contributed by atoms with E-state index >= 15 is 0 Å². The first kappa shape index (κ1) is 9.15. The Balaban J connectivity index is 1.94. The Kier molecular flexibility index (Phi) is 1.80. The second-order valence-corrected chi connectivity index (χ2v) is 4.57. The summed E-state index contributed by atoms with van der Waals surface area (Å²) in [5.74, 6) is 0.742. The van der Waals surface area contributed by atoms with E-state index in [-0.39, 0.29) is 11.4 Å². The van der Waals surface area contributed by atoms with E-state index in [1.165, 1.54) is 6.42 Å². The number of aliphatic imine (C=N–C) groups is 1. The van der Waals surface area contributed by atoms with Crippen molar-refractivity contribution in [3.05, 3.63) is 0 Å². The highest BCUT2D eigenvalue weighted by Crippen LogP contribution is 2.37. The average molecular weight is 208 g/mol. The number of carbonyl (C=O) groups excluding carboxylic acids is 1. The molecule has 0 aromatic rings. The molecule has 0 aromatic carbocycles. The van der Waals surface area contributed by atoms with Gasteiger partial charge in [-0.05, 0) is 25.8 Å². The molecule has 82 valence electrons. The Morgan fingerprint density at radius 3 is 3.13 bits per heavy atom. The van der Waals surface area contributed by atoms with Crippen molar-refractivity contribution in [1.82, 2.24) is 15.5 Å². The van der Waals surface area contributed by atoms with Gasteiger partial charge >= 0.3 is 0 Å². The first-order valence-electron chi connectivity index (χ1n) is 5.57. The zero-order valence-electron chi connectivity index (χ0n) is 8.92. The van der Waals surface area contributed by atoms with Gasteiger partial charge < -0.3 is 5.32 Å². The monoisotopic (exact) mass is 208 g/mol. The smallest absolute Gasteiger partial charge is 0.254 e. The molecule has 5 heteroatoms. The van der Waals surface area contributed by atoms with Crippen molar-refractivity contribution >= 4 is 11.9 Å². The van der Waals surface area contributed by atoms with Gasteiger partial charge in [0.15, 0.2) is 5.96 Å². The Labute approximate surface area is 88.9 Å². The van der Waals surface area contributed by atoms with E-state index in [0.29, 0.717) is 12.0 Å². The molecule has 3 saturated heterocycles. The van der Waals surface area contributed by atoms with Crippen LogP contribution in [0.5, 0.6) is 0 Å². The highest BCUT2D eigenvalue weighted by atomic mass is 16.2. The van der Waals surface area contributed by atoms with E-state index in [2.05, 4.69) is 20.5 Å². The van der Waals surface area contributed by atoms with Gasteiger partial charge in [0.25, 0.3) is 5.91 Å². The van der Waals surface area contributed by atoms with Crippen LogP contribution in [0.2, 0.25) is 0 Å². The van der Waals surface area contributed by atoms with Crippen LogP contribution in [-0.2, 0) is 4.79 Å². The van der Waals surface area contributed by atoms with Crippen LogP contribution in [0.3, 0.4) is 0 Å². The van der Waals surface area contributed by atoms with Crippen molar-refractivity contribution in [2.45, 2.75) is 30.8 Å². The van der Waals surface area contributed by atoms with Crippen LogP contribution in [-0.4, -0.2) is 48.5 Å². The van der Waals surface area contributed by atoms with Crippen LogP contribution in [0, 0.1) is 0 Å². The van der Waals surface area contributed by atoms with Gasteiger partial charge in [-0.25, -0.2) is 0 Å². The summed E-state index contributed by atoms with van der Waals surface area (Å²) in [7, 11) is 1.70. The van der Waals surface area contributed by atoms with Gasteiger partial charge in [-0.15, -0.1) is 0 Å². The summed E-state index contributed by atoms with van der Waals surface area (Å²) < 4.78 is 0. The minimum absolute atomic E-state index is 0.109. The molecule has 0 saturated carbocycles. The number of nitrogens with one attached hydrogen (secondary N) is 2. The van der Waals surface area contributed by atoms with Gasteiger partial charge in [-0.1, -0.05) is 0 Å². The fraction of sp³-hybridized carbons (Fsp3) is 0.800. The molecule has 0 bridgehead atoms. The van der Waals surface area contributed by atoms with Crippen molar-refractivity contribution in [3.8, 4) is 0 Å². The number of nitrogens with zero attached hydrogens (tertiary/aromatic N) is 2. The number of fused-ring (bicyclic) bond motifs is 2. The third-order valence-electron chi connectivity index (χ3n) is 3.93. The maximum Gasteiger partial charge on any atom is 0.254 e. The lowest BCUT2D eigenvalue weighted by Crippen LogP contribution is -2.54. The zero-order valence-corrected chi connectivity index (χ0v) is 8.92. The van der Waals surface area contributed by atoms with Crippen LogP contribution in [0.4, 0.5) is 0 Å². The summed E-state index contributed by atoms with van der Waals surface area (Å²) in [5.41, 5.74) is -0.384. The van der Waals surface area contributed by atoms with E-state index in [0.717, 1.165) is 25.9 Å². The number of guanidine groups is 1. The van der Waals surface area contributed by atoms with Crippen LogP contribution >= 0.6 is 0 Å². The molecule has 2 unspecified atom stereocenters. The van der Waals surface area contributed by atoms with E-state index in [9.17, 15) is 4.79 Å². The highest BCUT2D eigenvalue weighted by Gasteiger charge is 2.57. The van der Waals surface area contributed by atoms with Crippen molar-refractivity contribution in [2.24, 2.45) is 4.99 Å².